The van der Waals surface area contributed by atoms with E-state index in [1.54, 1.807) is 11.0 Å². The standard InChI is InChI=1S/C26H29N7O2/c1-3-35-22-12-8-7-11-21(22)30-26(34)23(19-9-5-4-6-10-19)32-13-15-33(16-14-32)25-20-17-29-31(2)24(20)27-18-28-25/h4-12,17-18,23H,3,13-16H2,1-2H3,(H,30,34). The van der Waals surface area contributed by atoms with Crippen LogP contribution >= 0.6 is 0 Å². The second-order valence-corrected chi connectivity index (χ2v) is 8.46. The van der Waals surface area contributed by atoms with Crippen LogP contribution in [0.1, 0.15) is 18.5 Å². The summed E-state index contributed by atoms with van der Waals surface area (Å²) in [5, 5.41) is 8.38. The van der Waals surface area contributed by atoms with E-state index in [0.29, 0.717) is 31.1 Å². The van der Waals surface area contributed by atoms with E-state index in [4.69, 9.17) is 4.74 Å². The lowest BCUT2D eigenvalue weighted by Crippen LogP contribution is -2.50. The van der Waals surface area contributed by atoms with Crippen molar-refractivity contribution >= 4 is 28.4 Å². The Labute approximate surface area is 204 Å². The number of ether oxygens (including phenoxy) is 1. The molecule has 1 aliphatic heterocycles. The predicted molar refractivity (Wildman–Crippen MR) is 136 cm³/mol. The van der Waals surface area contributed by atoms with Gasteiger partial charge in [0.1, 0.15) is 23.9 Å². The molecule has 1 saturated heterocycles. The molecule has 4 aromatic rings. The van der Waals surface area contributed by atoms with Crippen LogP contribution in [0.5, 0.6) is 5.75 Å². The Balaban J connectivity index is 1.37. The molecule has 1 N–H and O–H groups in total. The quantitative estimate of drug-likeness (QED) is 0.443. The number of fused-ring (bicyclic) bond motifs is 1. The minimum atomic E-state index is -0.420. The summed E-state index contributed by atoms with van der Waals surface area (Å²) in [6.45, 7) is 5.38. The third kappa shape index (κ3) is 4.67. The van der Waals surface area contributed by atoms with Crippen LogP contribution in [0.4, 0.5) is 11.5 Å². The molecule has 9 heteroatoms. The molecule has 180 valence electrons. The summed E-state index contributed by atoms with van der Waals surface area (Å²) in [6, 6.07) is 17.1. The van der Waals surface area contributed by atoms with Gasteiger partial charge < -0.3 is 15.0 Å². The number of aromatic nitrogens is 4. The van der Waals surface area contributed by atoms with Crippen LogP contribution in [-0.2, 0) is 11.8 Å². The fourth-order valence-corrected chi connectivity index (χ4v) is 4.61. The maximum absolute atomic E-state index is 13.6. The summed E-state index contributed by atoms with van der Waals surface area (Å²) in [5.41, 5.74) is 2.45. The van der Waals surface area contributed by atoms with Crippen molar-refractivity contribution in [1.29, 1.82) is 0 Å². The average molecular weight is 472 g/mol. The van der Waals surface area contributed by atoms with Crippen LogP contribution in [0, 0.1) is 0 Å². The Morgan fingerprint density at radius 3 is 2.54 bits per heavy atom. The van der Waals surface area contributed by atoms with E-state index >= 15 is 0 Å². The maximum Gasteiger partial charge on any atom is 0.246 e. The van der Waals surface area contributed by atoms with Crippen molar-refractivity contribution in [3.8, 4) is 5.75 Å². The van der Waals surface area contributed by atoms with Gasteiger partial charge in [0.15, 0.2) is 5.65 Å². The third-order valence-electron chi connectivity index (χ3n) is 6.30. The second kappa shape index (κ2) is 10.1. The Hall–Kier alpha value is -3.98. The summed E-state index contributed by atoms with van der Waals surface area (Å²) < 4.78 is 7.47. The van der Waals surface area contributed by atoms with Gasteiger partial charge in [0.25, 0.3) is 0 Å². The zero-order valence-corrected chi connectivity index (χ0v) is 20.0. The number of hydrogen-bond acceptors (Lipinski definition) is 7. The summed E-state index contributed by atoms with van der Waals surface area (Å²) in [4.78, 5) is 27.0. The van der Waals surface area contributed by atoms with Gasteiger partial charge in [0, 0.05) is 33.2 Å². The largest absolute Gasteiger partial charge is 0.492 e. The van der Waals surface area contributed by atoms with Crippen molar-refractivity contribution in [2.24, 2.45) is 7.05 Å². The fraction of sp³-hybridized carbons (Fsp3) is 0.308. The number of nitrogens with one attached hydrogen (secondary N) is 1. The van der Waals surface area contributed by atoms with E-state index in [-0.39, 0.29) is 5.91 Å². The first kappa shape index (κ1) is 22.8. The maximum atomic E-state index is 13.6. The highest BCUT2D eigenvalue weighted by Gasteiger charge is 2.31. The highest BCUT2D eigenvalue weighted by Crippen LogP contribution is 2.30. The topological polar surface area (TPSA) is 88.4 Å². The second-order valence-electron chi connectivity index (χ2n) is 8.46. The molecule has 2 aromatic heterocycles. The van der Waals surface area contributed by atoms with E-state index in [2.05, 4.69) is 30.2 Å². The molecule has 0 bridgehead atoms. The van der Waals surface area contributed by atoms with Gasteiger partial charge in [-0.1, -0.05) is 42.5 Å². The summed E-state index contributed by atoms with van der Waals surface area (Å²) in [6.07, 6.45) is 3.40. The molecule has 1 amide bonds. The minimum absolute atomic E-state index is 0.0755. The molecule has 1 fully saturated rings. The molecule has 0 saturated carbocycles. The number of rotatable bonds is 7. The Morgan fingerprint density at radius 2 is 1.77 bits per heavy atom. The van der Waals surface area contributed by atoms with Crippen LogP contribution in [0.15, 0.2) is 67.1 Å². The van der Waals surface area contributed by atoms with Crippen molar-refractivity contribution in [2.75, 3.05) is 43.0 Å². The van der Waals surface area contributed by atoms with Gasteiger partial charge >= 0.3 is 0 Å². The number of amides is 1. The Morgan fingerprint density at radius 1 is 1.03 bits per heavy atom. The molecule has 9 nitrogen and oxygen atoms in total. The van der Waals surface area contributed by atoms with Gasteiger partial charge in [-0.05, 0) is 24.6 Å². The molecule has 1 aliphatic rings. The fourth-order valence-electron chi connectivity index (χ4n) is 4.61. The van der Waals surface area contributed by atoms with Crippen LogP contribution in [0.25, 0.3) is 11.0 Å². The van der Waals surface area contributed by atoms with Crippen molar-refractivity contribution in [3.05, 3.63) is 72.7 Å². The van der Waals surface area contributed by atoms with E-state index < -0.39 is 6.04 Å². The zero-order chi connectivity index (χ0) is 24.2. The lowest BCUT2D eigenvalue weighted by atomic mass is 10.0. The van der Waals surface area contributed by atoms with Crippen molar-refractivity contribution in [3.63, 3.8) is 0 Å². The molecule has 1 unspecified atom stereocenters. The number of aryl methyl sites for hydroxylation is 1. The van der Waals surface area contributed by atoms with E-state index in [0.717, 1.165) is 35.5 Å². The van der Waals surface area contributed by atoms with E-state index in [1.165, 1.54) is 0 Å². The van der Waals surface area contributed by atoms with Gasteiger partial charge in [-0.2, -0.15) is 5.10 Å². The lowest BCUT2D eigenvalue weighted by Gasteiger charge is -2.39. The van der Waals surface area contributed by atoms with E-state index in [9.17, 15) is 4.79 Å². The number of nitrogens with zero attached hydrogens (tertiary/aromatic N) is 6. The SMILES string of the molecule is CCOc1ccccc1NC(=O)C(c1ccccc1)N1CCN(c2ncnc3c2cnn3C)CC1. The number of hydrogen-bond donors (Lipinski definition) is 1. The van der Waals surface area contributed by atoms with Crippen molar-refractivity contribution in [2.45, 2.75) is 13.0 Å². The molecule has 35 heavy (non-hydrogen) atoms. The van der Waals surface area contributed by atoms with Gasteiger partial charge in [0.05, 0.1) is 23.9 Å². The highest BCUT2D eigenvalue weighted by molar-refractivity contribution is 5.96. The third-order valence-corrected chi connectivity index (χ3v) is 6.30. The molecule has 1 atom stereocenters. The summed E-state index contributed by atoms with van der Waals surface area (Å²) in [5.74, 6) is 1.48. The first-order valence-corrected chi connectivity index (χ1v) is 11.8. The number of para-hydroxylation sites is 2. The van der Waals surface area contributed by atoms with Crippen LogP contribution < -0.4 is 15.0 Å². The number of benzene rings is 2. The Kier molecular flexibility index (Phi) is 6.58. The monoisotopic (exact) mass is 471 g/mol. The van der Waals surface area contributed by atoms with Crippen molar-refractivity contribution < 1.29 is 9.53 Å². The predicted octanol–water partition coefficient (Wildman–Crippen LogP) is 3.26. The number of carbonyl (C=O) groups is 1. The number of piperazine rings is 1. The summed E-state index contributed by atoms with van der Waals surface area (Å²) >= 11 is 0. The van der Waals surface area contributed by atoms with Crippen LogP contribution in [-0.4, -0.2) is 63.3 Å². The van der Waals surface area contributed by atoms with Gasteiger partial charge in [0.2, 0.25) is 5.91 Å². The van der Waals surface area contributed by atoms with Gasteiger partial charge in [-0.3, -0.25) is 14.4 Å². The van der Waals surface area contributed by atoms with Gasteiger partial charge in [-0.15, -0.1) is 0 Å². The molecule has 5 rings (SSSR count). The van der Waals surface area contributed by atoms with Crippen molar-refractivity contribution in [1.82, 2.24) is 24.6 Å². The molecule has 0 aliphatic carbocycles. The zero-order valence-electron chi connectivity index (χ0n) is 20.0. The molecular formula is C26H29N7O2. The lowest BCUT2D eigenvalue weighted by molar-refractivity contribution is -0.121. The van der Waals surface area contributed by atoms with E-state index in [1.807, 2.05) is 74.8 Å². The minimum Gasteiger partial charge on any atom is -0.492 e. The molecule has 2 aromatic carbocycles. The molecule has 0 spiro atoms. The highest BCUT2D eigenvalue weighted by atomic mass is 16.5. The first-order chi connectivity index (χ1) is 17.2. The van der Waals surface area contributed by atoms with Crippen LogP contribution in [0.3, 0.4) is 0 Å². The van der Waals surface area contributed by atoms with Crippen LogP contribution in [0.2, 0.25) is 0 Å². The average Bonchev–Trinajstić information content (AvgIpc) is 3.27. The molecular weight excluding hydrogens is 442 g/mol. The number of carbonyl (C=O) groups excluding carboxylic acids is 1. The Bertz CT molecular complexity index is 1300. The molecule has 3 heterocycles. The smallest absolute Gasteiger partial charge is 0.246 e. The first-order valence-electron chi connectivity index (χ1n) is 11.8. The summed E-state index contributed by atoms with van der Waals surface area (Å²) in [7, 11) is 1.88. The normalized spacial score (nSPS) is 15.2. The number of anilines is 2. The molecule has 0 radical (unpaired) electrons. The van der Waals surface area contributed by atoms with Gasteiger partial charge in [-0.25, -0.2) is 9.97 Å².